The maximum atomic E-state index is 11.6. The first-order chi connectivity index (χ1) is 12.3. The molecule has 1 N–H and O–H groups in total. The molecule has 2 rings (SSSR count). The molecule has 0 unspecified atom stereocenters. The van der Waals surface area contributed by atoms with E-state index in [1.54, 1.807) is 20.1 Å². The molecule has 0 aliphatic carbocycles. The molecule has 0 spiro atoms. The highest BCUT2D eigenvalue weighted by molar-refractivity contribution is 5.87. The smallest absolute Gasteiger partial charge is 0.330 e. The van der Waals surface area contributed by atoms with E-state index in [4.69, 9.17) is 9.47 Å². The number of nitrogens with one attached hydrogen (secondary N) is 1. The Morgan fingerprint density at radius 3 is 2.65 bits per heavy atom. The minimum absolute atomic E-state index is 0.189. The summed E-state index contributed by atoms with van der Waals surface area (Å²) in [5.41, 5.74) is 0.783. The van der Waals surface area contributed by atoms with Crippen LogP contribution in [0.4, 0.5) is 5.82 Å². The van der Waals surface area contributed by atoms with E-state index in [2.05, 4.69) is 41.0 Å². The van der Waals surface area contributed by atoms with Crippen LogP contribution in [0.15, 0.2) is 12.3 Å². The number of likely N-dealkylation sites (tertiary alicyclic amines) is 1. The van der Waals surface area contributed by atoms with Crippen LogP contribution in [0.5, 0.6) is 5.88 Å². The van der Waals surface area contributed by atoms with Gasteiger partial charge in [-0.15, -0.1) is 0 Å². The molecule has 1 aromatic rings. The van der Waals surface area contributed by atoms with Gasteiger partial charge in [-0.25, -0.2) is 9.78 Å². The summed E-state index contributed by atoms with van der Waals surface area (Å²) in [6.45, 7) is 10.9. The van der Waals surface area contributed by atoms with E-state index in [0.717, 1.165) is 25.9 Å². The number of anilines is 1. The van der Waals surface area contributed by atoms with Crippen molar-refractivity contribution in [2.24, 2.45) is 0 Å². The number of piperidine rings is 1. The molecule has 26 heavy (non-hydrogen) atoms. The van der Waals surface area contributed by atoms with Crippen molar-refractivity contribution in [1.29, 1.82) is 0 Å². The normalized spacial score (nSPS) is 16.7. The van der Waals surface area contributed by atoms with E-state index in [0.29, 0.717) is 30.0 Å². The van der Waals surface area contributed by atoms with Crippen LogP contribution in [0.2, 0.25) is 0 Å². The highest BCUT2D eigenvalue weighted by Crippen LogP contribution is 2.24. The van der Waals surface area contributed by atoms with Crippen LogP contribution in [-0.4, -0.2) is 59.2 Å². The van der Waals surface area contributed by atoms with Gasteiger partial charge >= 0.3 is 5.97 Å². The fourth-order valence-electron chi connectivity index (χ4n) is 2.93. The SMILES string of the molecule is CCOC(=O)/C=C/c1ncc(OC)nc1NC1CCN(C(C)(C)C)CC1. The van der Waals surface area contributed by atoms with Crippen molar-refractivity contribution in [3.05, 3.63) is 18.0 Å². The highest BCUT2D eigenvalue weighted by atomic mass is 16.5. The number of nitrogens with zero attached hydrogens (tertiary/aromatic N) is 3. The summed E-state index contributed by atoms with van der Waals surface area (Å²) < 4.78 is 10.1. The van der Waals surface area contributed by atoms with Gasteiger partial charge < -0.3 is 14.8 Å². The van der Waals surface area contributed by atoms with Crippen molar-refractivity contribution in [3.63, 3.8) is 0 Å². The van der Waals surface area contributed by atoms with Crippen LogP contribution < -0.4 is 10.1 Å². The van der Waals surface area contributed by atoms with Crippen LogP contribution in [0.25, 0.3) is 6.08 Å². The van der Waals surface area contributed by atoms with E-state index >= 15 is 0 Å². The van der Waals surface area contributed by atoms with Crippen molar-refractivity contribution in [3.8, 4) is 5.88 Å². The van der Waals surface area contributed by atoms with Crippen LogP contribution in [-0.2, 0) is 9.53 Å². The second-order valence-electron chi connectivity index (χ2n) is 7.31. The zero-order valence-electron chi connectivity index (χ0n) is 16.4. The number of hydrogen-bond acceptors (Lipinski definition) is 7. The predicted molar refractivity (Wildman–Crippen MR) is 102 cm³/mol. The minimum atomic E-state index is -0.394. The number of carbonyl (C=O) groups excluding carboxylic acids is 1. The molecule has 1 aliphatic heterocycles. The van der Waals surface area contributed by atoms with E-state index in [9.17, 15) is 4.79 Å². The van der Waals surface area contributed by atoms with Gasteiger partial charge in [0.15, 0.2) is 5.82 Å². The van der Waals surface area contributed by atoms with Gasteiger partial charge in [-0.3, -0.25) is 4.90 Å². The van der Waals surface area contributed by atoms with Crippen molar-refractivity contribution in [1.82, 2.24) is 14.9 Å². The lowest BCUT2D eigenvalue weighted by Gasteiger charge is -2.41. The summed E-state index contributed by atoms with van der Waals surface area (Å²) in [5, 5.41) is 3.47. The van der Waals surface area contributed by atoms with Crippen LogP contribution in [0.3, 0.4) is 0 Å². The molecule has 1 aromatic heterocycles. The molecule has 0 atom stereocenters. The van der Waals surface area contributed by atoms with Crippen molar-refractivity contribution in [2.75, 3.05) is 32.1 Å². The van der Waals surface area contributed by atoms with Crippen molar-refractivity contribution in [2.45, 2.75) is 52.1 Å². The Bertz CT molecular complexity index is 632. The van der Waals surface area contributed by atoms with Crippen LogP contribution >= 0.6 is 0 Å². The second kappa shape index (κ2) is 8.98. The number of hydrogen-bond donors (Lipinski definition) is 1. The molecule has 1 saturated heterocycles. The monoisotopic (exact) mass is 362 g/mol. The number of esters is 1. The zero-order valence-corrected chi connectivity index (χ0v) is 16.4. The molecule has 7 nitrogen and oxygen atoms in total. The zero-order chi connectivity index (χ0) is 19.2. The molecule has 7 heteroatoms. The van der Waals surface area contributed by atoms with E-state index < -0.39 is 5.97 Å². The first kappa shape index (κ1) is 20.2. The third-order valence-corrected chi connectivity index (χ3v) is 4.44. The Labute approximate surface area is 155 Å². The van der Waals surface area contributed by atoms with Crippen LogP contribution in [0, 0.1) is 0 Å². The number of carbonyl (C=O) groups is 1. The molecule has 1 aliphatic rings. The summed E-state index contributed by atoms with van der Waals surface area (Å²) in [6.07, 6.45) is 6.58. The largest absolute Gasteiger partial charge is 0.480 e. The fraction of sp³-hybridized carbons (Fsp3) is 0.632. The standard InChI is InChI=1S/C19H30N4O3/c1-6-26-17(24)8-7-15-18(22-16(25-5)13-20-15)21-14-9-11-23(12-10-14)19(2,3)4/h7-8,13-14H,6,9-12H2,1-5H3,(H,21,22)/b8-7+. The number of ether oxygens (including phenoxy) is 2. The Morgan fingerprint density at radius 2 is 2.08 bits per heavy atom. The topological polar surface area (TPSA) is 76.6 Å². The fourth-order valence-corrected chi connectivity index (χ4v) is 2.93. The predicted octanol–water partition coefficient (Wildman–Crippen LogP) is 2.74. The number of methoxy groups -OCH3 is 1. The summed E-state index contributed by atoms with van der Waals surface area (Å²) in [5.74, 6) is 0.668. The van der Waals surface area contributed by atoms with Crippen molar-refractivity contribution >= 4 is 17.9 Å². The van der Waals surface area contributed by atoms with Gasteiger partial charge in [-0.2, -0.15) is 4.98 Å². The maximum Gasteiger partial charge on any atom is 0.330 e. The molecule has 0 saturated carbocycles. The minimum Gasteiger partial charge on any atom is -0.480 e. The Morgan fingerprint density at radius 1 is 1.38 bits per heavy atom. The lowest BCUT2D eigenvalue weighted by molar-refractivity contribution is -0.137. The molecule has 0 aromatic carbocycles. The van der Waals surface area contributed by atoms with Gasteiger partial charge in [0, 0.05) is 30.7 Å². The van der Waals surface area contributed by atoms with E-state index in [-0.39, 0.29) is 5.54 Å². The first-order valence-corrected chi connectivity index (χ1v) is 9.11. The quantitative estimate of drug-likeness (QED) is 0.616. The summed E-state index contributed by atoms with van der Waals surface area (Å²) in [4.78, 5) is 22.9. The van der Waals surface area contributed by atoms with Crippen LogP contribution in [0.1, 0.15) is 46.2 Å². The van der Waals surface area contributed by atoms with Gasteiger partial charge in [0.25, 0.3) is 0 Å². The second-order valence-corrected chi connectivity index (χ2v) is 7.31. The third-order valence-electron chi connectivity index (χ3n) is 4.44. The lowest BCUT2D eigenvalue weighted by Crippen LogP contribution is -2.48. The van der Waals surface area contributed by atoms with Gasteiger partial charge in [-0.1, -0.05) is 0 Å². The molecule has 2 heterocycles. The van der Waals surface area contributed by atoms with Gasteiger partial charge in [0.2, 0.25) is 5.88 Å². The molecule has 0 amide bonds. The molecule has 144 valence electrons. The average molecular weight is 362 g/mol. The molecule has 0 bridgehead atoms. The molecular formula is C19H30N4O3. The molecule has 0 radical (unpaired) electrons. The lowest BCUT2D eigenvalue weighted by atomic mass is 9.98. The number of rotatable bonds is 6. The summed E-state index contributed by atoms with van der Waals surface area (Å²) in [6, 6.07) is 0.310. The van der Waals surface area contributed by atoms with E-state index in [1.165, 1.54) is 12.3 Å². The third kappa shape index (κ3) is 5.69. The average Bonchev–Trinajstić information content (AvgIpc) is 2.60. The van der Waals surface area contributed by atoms with Gasteiger partial charge in [0.1, 0.15) is 5.69 Å². The van der Waals surface area contributed by atoms with Gasteiger partial charge in [-0.05, 0) is 46.6 Å². The Kier molecular flexibility index (Phi) is 6.97. The van der Waals surface area contributed by atoms with Gasteiger partial charge in [0.05, 0.1) is 19.9 Å². The first-order valence-electron chi connectivity index (χ1n) is 9.11. The summed E-state index contributed by atoms with van der Waals surface area (Å²) >= 11 is 0. The highest BCUT2D eigenvalue weighted by Gasteiger charge is 2.27. The Hall–Kier alpha value is -2.15. The van der Waals surface area contributed by atoms with Crippen molar-refractivity contribution < 1.29 is 14.3 Å². The summed E-state index contributed by atoms with van der Waals surface area (Å²) in [7, 11) is 1.56. The molecule has 1 fully saturated rings. The number of aromatic nitrogens is 2. The Balaban J connectivity index is 2.08. The molecular weight excluding hydrogens is 332 g/mol. The van der Waals surface area contributed by atoms with E-state index in [1.807, 2.05) is 0 Å². The maximum absolute atomic E-state index is 11.6.